The number of anilines is 2. The van der Waals surface area contributed by atoms with Crippen LogP contribution in [0.2, 0.25) is 0 Å². The number of hydrogen-bond donors (Lipinski definition) is 0. The Kier molecular flexibility index (Phi) is 4.52. The van der Waals surface area contributed by atoms with Crippen LogP contribution in [-0.4, -0.2) is 43.5 Å². The van der Waals surface area contributed by atoms with Crippen molar-refractivity contribution in [1.82, 2.24) is 4.90 Å². The molecule has 1 aromatic heterocycles. The molecular weight excluding hydrogens is 330 g/mol. The Morgan fingerprint density at radius 2 is 2.00 bits per heavy atom. The molecule has 0 radical (unpaired) electrons. The fourth-order valence-electron chi connectivity index (χ4n) is 3.95. The molecule has 0 saturated heterocycles. The summed E-state index contributed by atoms with van der Waals surface area (Å²) in [4.78, 5) is 21.3. The van der Waals surface area contributed by atoms with E-state index in [0.29, 0.717) is 6.54 Å². The van der Waals surface area contributed by atoms with Gasteiger partial charge in [-0.1, -0.05) is 12.1 Å². The van der Waals surface area contributed by atoms with Crippen molar-refractivity contribution in [3.05, 3.63) is 46.2 Å². The van der Waals surface area contributed by atoms with Gasteiger partial charge in [0.05, 0.1) is 17.9 Å². The van der Waals surface area contributed by atoms with E-state index < -0.39 is 0 Å². The Hall–Kier alpha value is -1.85. The van der Waals surface area contributed by atoms with Gasteiger partial charge in [0.2, 0.25) is 5.91 Å². The van der Waals surface area contributed by atoms with Crippen molar-refractivity contribution in [2.24, 2.45) is 0 Å². The van der Waals surface area contributed by atoms with E-state index in [0.717, 1.165) is 43.9 Å². The molecule has 0 saturated carbocycles. The van der Waals surface area contributed by atoms with Crippen molar-refractivity contribution in [1.29, 1.82) is 0 Å². The van der Waals surface area contributed by atoms with Gasteiger partial charge in [0, 0.05) is 37.6 Å². The molecule has 2 aliphatic heterocycles. The average molecular weight is 356 g/mol. The lowest BCUT2D eigenvalue weighted by molar-refractivity contribution is -0.120. The standard InChI is InChI=1S/C20H25N3OS/c1-15-7-10-21(2)17-5-3-4-6-18(17)23(15)20(24)14-22-11-8-19-16(13-22)9-12-25-19/h3-6,9,12,15H,7-8,10-11,13-14H2,1-2H3. The molecule has 1 aromatic carbocycles. The first-order valence-electron chi connectivity index (χ1n) is 9.03. The van der Waals surface area contributed by atoms with Gasteiger partial charge in [-0.25, -0.2) is 0 Å². The molecule has 3 heterocycles. The number of amides is 1. The van der Waals surface area contributed by atoms with Gasteiger partial charge in [-0.3, -0.25) is 9.69 Å². The van der Waals surface area contributed by atoms with Crippen LogP contribution in [0.4, 0.5) is 11.4 Å². The molecule has 2 aromatic rings. The first kappa shape index (κ1) is 16.6. The highest BCUT2D eigenvalue weighted by Gasteiger charge is 2.30. The Bertz CT molecular complexity index is 772. The van der Waals surface area contributed by atoms with E-state index in [1.807, 2.05) is 22.3 Å². The first-order valence-corrected chi connectivity index (χ1v) is 9.91. The number of nitrogens with zero attached hydrogens (tertiary/aromatic N) is 3. The average Bonchev–Trinajstić information content (AvgIpc) is 3.03. The van der Waals surface area contributed by atoms with Gasteiger partial charge in [-0.2, -0.15) is 0 Å². The maximum atomic E-state index is 13.2. The normalized spacial score (nSPS) is 20.8. The van der Waals surface area contributed by atoms with Crippen LogP contribution < -0.4 is 9.80 Å². The highest BCUT2D eigenvalue weighted by molar-refractivity contribution is 7.10. The highest BCUT2D eigenvalue weighted by Crippen LogP contribution is 2.34. The third kappa shape index (κ3) is 3.18. The fourth-order valence-corrected chi connectivity index (χ4v) is 4.84. The maximum absolute atomic E-state index is 13.2. The van der Waals surface area contributed by atoms with Gasteiger partial charge in [-0.05, 0) is 48.9 Å². The van der Waals surface area contributed by atoms with E-state index in [4.69, 9.17) is 0 Å². The van der Waals surface area contributed by atoms with Gasteiger partial charge in [0.1, 0.15) is 0 Å². The van der Waals surface area contributed by atoms with E-state index >= 15 is 0 Å². The van der Waals surface area contributed by atoms with Gasteiger partial charge in [0.25, 0.3) is 0 Å². The van der Waals surface area contributed by atoms with Crippen molar-refractivity contribution < 1.29 is 4.79 Å². The highest BCUT2D eigenvalue weighted by atomic mass is 32.1. The Morgan fingerprint density at radius 1 is 1.20 bits per heavy atom. The topological polar surface area (TPSA) is 26.8 Å². The molecule has 2 aliphatic rings. The fraction of sp³-hybridized carbons (Fsp3) is 0.450. The quantitative estimate of drug-likeness (QED) is 0.826. The minimum Gasteiger partial charge on any atom is -0.373 e. The molecule has 4 nitrogen and oxygen atoms in total. The van der Waals surface area contributed by atoms with E-state index in [1.54, 1.807) is 0 Å². The molecule has 0 spiro atoms. The van der Waals surface area contributed by atoms with Crippen LogP contribution >= 0.6 is 11.3 Å². The summed E-state index contributed by atoms with van der Waals surface area (Å²) in [5, 5.41) is 2.17. The number of thiophene rings is 1. The Morgan fingerprint density at radius 3 is 2.84 bits per heavy atom. The number of rotatable bonds is 2. The predicted molar refractivity (Wildman–Crippen MR) is 105 cm³/mol. The van der Waals surface area contributed by atoms with Gasteiger partial charge in [-0.15, -0.1) is 11.3 Å². The molecule has 1 amide bonds. The van der Waals surface area contributed by atoms with E-state index in [-0.39, 0.29) is 11.9 Å². The monoisotopic (exact) mass is 355 g/mol. The zero-order valence-corrected chi connectivity index (χ0v) is 15.8. The lowest BCUT2D eigenvalue weighted by Crippen LogP contribution is -2.45. The third-order valence-electron chi connectivity index (χ3n) is 5.39. The number of fused-ring (bicyclic) bond motifs is 2. The summed E-state index contributed by atoms with van der Waals surface area (Å²) in [6.07, 6.45) is 2.06. The number of benzene rings is 1. The molecule has 0 aliphatic carbocycles. The van der Waals surface area contributed by atoms with E-state index in [2.05, 4.69) is 53.4 Å². The van der Waals surface area contributed by atoms with Crippen LogP contribution in [0.1, 0.15) is 23.8 Å². The van der Waals surface area contributed by atoms with Crippen molar-refractivity contribution in [2.45, 2.75) is 32.4 Å². The van der Waals surface area contributed by atoms with Crippen LogP contribution in [-0.2, 0) is 17.8 Å². The number of para-hydroxylation sites is 2. The molecule has 0 bridgehead atoms. The largest absolute Gasteiger partial charge is 0.373 e. The predicted octanol–water partition coefficient (Wildman–Crippen LogP) is 3.37. The Labute approximate surface area is 153 Å². The molecule has 0 fully saturated rings. The Balaban J connectivity index is 1.55. The second kappa shape index (κ2) is 6.81. The lowest BCUT2D eigenvalue weighted by atomic mass is 10.1. The summed E-state index contributed by atoms with van der Waals surface area (Å²) >= 11 is 1.84. The summed E-state index contributed by atoms with van der Waals surface area (Å²) < 4.78 is 0. The van der Waals surface area contributed by atoms with Gasteiger partial charge >= 0.3 is 0 Å². The number of carbonyl (C=O) groups excluding carboxylic acids is 1. The van der Waals surface area contributed by atoms with E-state index in [1.165, 1.54) is 10.4 Å². The molecular formula is C20H25N3OS. The molecule has 1 unspecified atom stereocenters. The molecule has 4 rings (SSSR count). The van der Waals surface area contributed by atoms with Gasteiger partial charge < -0.3 is 9.80 Å². The van der Waals surface area contributed by atoms with Crippen molar-refractivity contribution in [3.8, 4) is 0 Å². The van der Waals surface area contributed by atoms with Gasteiger partial charge in [0.15, 0.2) is 0 Å². The second-order valence-corrected chi connectivity index (χ2v) is 8.14. The van der Waals surface area contributed by atoms with Crippen LogP contribution in [0.25, 0.3) is 0 Å². The van der Waals surface area contributed by atoms with E-state index in [9.17, 15) is 4.79 Å². The molecule has 5 heteroatoms. The molecule has 0 N–H and O–H groups in total. The smallest absolute Gasteiger partial charge is 0.241 e. The number of carbonyl (C=O) groups is 1. The zero-order chi connectivity index (χ0) is 17.4. The van der Waals surface area contributed by atoms with Crippen molar-refractivity contribution in [2.75, 3.05) is 36.5 Å². The minimum absolute atomic E-state index is 0.217. The van der Waals surface area contributed by atoms with Crippen molar-refractivity contribution in [3.63, 3.8) is 0 Å². The van der Waals surface area contributed by atoms with Crippen LogP contribution in [0, 0.1) is 0 Å². The number of hydrogen-bond acceptors (Lipinski definition) is 4. The molecule has 25 heavy (non-hydrogen) atoms. The van der Waals surface area contributed by atoms with Crippen LogP contribution in [0.5, 0.6) is 0 Å². The summed E-state index contributed by atoms with van der Waals surface area (Å²) in [6.45, 7) is 5.51. The summed E-state index contributed by atoms with van der Waals surface area (Å²) in [7, 11) is 2.11. The summed E-state index contributed by atoms with van der Waals surface area (Å²) in [5.74, 6) is 0.217. The molecule has 132 valence electrons. The van der Waals surface area contributed by atoms with Crippen LogP contribution in [0.15, 0.2) is 35.7 Å². The zero-order valence-electron chi connectivity index (χ0n) is 14.9. The first-order chi connectivity index (χ1) is 12.1. The SMILES string of the molecule is CC1CCN(C)c2ccccc2N1C(=O)CN1CCc2sccc2C1. The minimum atomic E-state index is 0.217. The van der Waals surface area contributed by atoms with Crippen molar-refractivity contribution >= 4 is 28.6 Å². The third-order valence-corrected chi connectivity index (χ3v) is 6.41. The summed E-state index contributed by atoms with van der Waals surface area (Å²) in [5.41, 5.74) is 3.60. The second-order valence-electron chi connectivity index (χ2n) is 7.14. The lowest BCUT2D eigenvalue weighted by Gasteiger charge is -2.32. The molecule has 1 atom stereocenters. The van der Waals surface area contributed by atoms with Crippen LogP contribution in [0.3, 0.4) is 0 Å². The summed E-state index contributed by atoms with van der Waals surface area (Å²) in [6, 6.07) is 10.7. The maximum Gasteiger partial charge on any atom is 0.241 e.